The Labute approximate surface area is 143 Å². The number of benzene rings is 1. The third-order valence-corrected chi connectivity index (χ3v) is 4.46. The smallest absolute Gasteiger partial charge is 0.203 e. The summed E-state index contributed by atoms with van der Waals surface area (Å²) in [5.74, 6) is 1.78. The SMILES string of the molecule is CCCCCC1=C(c2cc(OC)c(OC)c(OC)c2)C(=NO)CC1. The second kappa shape index (κ2) is 8.62. The summed E-state index contributed by atoms with van der Waals surface area (Å²) in [7, 11) is 4.80. The van der Waals surface area contributed by atoms with Crippen LogP contribution in [0.2, 0.25) is 0 Å². The monoisotopic (exact) mass is 333 g/mol. The highest BCUT2D eigenvalue weighted by Gasteiger charge is 2.25. The van der Waals surface area contributed by atoms with E-state index in [-0.39, 0.29) is 0 Å². The molecule has 0 heterocycles. The van der Waals surface area contributed by atoms with E-state index < -0.39 is 0 Å². The van der Waals surface area contributed by atoms with Gasteiger partial charge in [-0.2, -0.15) is 0 Å². The Hall–Kier alpha value is -2.17. The maximum atomic E-state index is 9.41. The van der Waals surface area contributed by atoms with Crippen molar-refractivity contribution in [2.45, 2.75) is 45.4 Å². The fourth-order valence-electron chi connectivity index (χ4n) is 3.26. The van der Waals surface area contributed by atoms with Gasteiger partial charge >= 0.3 is 0 Å². The minimum Gasteiger partial charge on any atom is -0.493 e. The fraction of sp³-hybridized carbons (Fsp3) is 0.526. The maximum Gasteiger partial charge on any atom is 0.203 e. The second-order valence-corrected chi connectivity index (χ2v) is 5.90. The first-order chi connectivity index (χ1) is 11.7. The topological polar surface area (TPSA) is 60.3 Å². The molecule has 1 aliphatic carbocycles. The zero-order valence-corrected chi connectivity index (χ0v) is 15.0. The van der Waals surface area contributed by atoms with Crippen LogP contribution in [0.3, 0.4) is 0 Å². The molecule has 0 atom stereocenters. The van der Waals surface area contributed by atoms with Gasteiger partial charge in [0.2, 0.25) is 5.75 Å². The Morgan fingerprint density at radius 2 is 1.67 bits per heavy atom. The highest BCUT2D eigenvalue weighted by Crippen LogP contribution is 2.43. The molecule has 5 nitrogen and oxygen atoms in total. The summed E-state index contributed by atoms with van der Waals surface area (Å²) in [6.45, 7) is 2.20. The lowest BCUT2D eigenvalue weighted by molar-refractivity contribution is 0.318. The van der Waals surface area contributed by atoms with Gasteiger partial charge < -0.3 is 19.4 Å². The Kier molecular flexibility index (Phi) is 6.53. The molecule has 2 rings (SSSR count). The Morgan fingerprint density at radius 1 is 1.00 bits per heavy atom. The number of unbranched alkanes of at least 4 members (excludes halogenated alkanes) is 2. The van der Waals surface area contributed by atoms with Gasteiger partial charge in [0.05, 0.1) is 27.0 Å². The summed E-state index contributed by atoms with van der Waals surface area (Å²) in [4.78, 5) is 0. The molecular weight excluding hydrogens is 306 g/mol. The second-order valence-electron chi connectivity index (χ2n) is 5.90. The molecule has 1 aliphatic rings. The molecule has 1 aromatic rings. The van der Waals surface area contributed by atoms with E-state index in [9.17, 15) is 5.21 Å². The van der Waals surface area contributed by atoms with Crippen molar-refractivity contribution < 1.29 is 19.4 Å². The standard InChI is InChI=1S/C19H27NO4/c1-5-6-7-8-13-9-10-15(20-21)18(13)14-11-16(22-2)19(24-4)17(12-14)23-3/h11-12,21H,5-10H2,1-4H3. The van der Waals surface area contributed by atoms with Crippen molar-refractivity contribution in [3.8, 4) is 17.2 Å². The van der Waals surface area contributed by atoms with E-state index in [1.807, 2.05) is 12.1 Å². The quantitative estimate of drug-likeness (QED) is 0.426. The number of rotatable bonds is 8. The van der Waals surface area contributed by atoms with Crippen LogP contribution in [0.15, 0.2) is 22.9 Å². The van der Waals surface area contributed by atoms with E-state index in [2.05, 4.69) is 12.1 Å². The third kappa shape index (κ3) is 3.66. The van der Waals surface area contributed by atoms with E-state index in [4.69, 9.17) is 14.2 Å². The molecule has 0 aliphatic heterocycles. The summed E-state index contributed by atoms with van der Waals surface area (Å²) in [5.41, 5.74) is 4.04. The van der Waals surface area contributed by atoms with Crippen molar-refractivity contribution in [2.75, 3.05) is 21.3 Å². The first-order valence-electron chi connectivity index (χ1n) is 8.43. The van der Waals surface area contributed by atoms with Gasteiger partial charge in [0.1, 0.15) is 0 Å². The first-order valence-corrected chi connectivity index (χ1v) is 8.43. The van der Waals surface area contributed by atoms with Crippen LogP contribution in [0.4, 0.5) is 0 Å². The Balaban J connectivity index is 2.50. The molecule has 0 bridgehead atoms. The number of methoxy groups -OCH3 is 3. The average molecular weight is 333 g/mol. The summed E-state index contributed by atoms with van der Waals surface area (Å²) in [6.07, 6.45) is 6.28. The van der Waals surface area contributed by atoms with E-state index in [1.54, 1.807) is 21.3 Å². The van der Waals surface area contributed by atoms with Gasteiger partial charge in [-0.25, -0.2) is 0 Å². The molecule has 24 heavy (non-hydrogen) atoms. The predicted octanol–water partition coefficient (Wildman–Crippen LogP) is 4.67. The largest absolute Gasteiger partial charge is 0.493 e. The van der Waals surface area contributed by atoms with E-state index in [1.165, 1.54) is 18.4 Å². The van der Waals surface area contributed by atoms with Gasteiger partial charge in [-0.3, -0.25) is 0 Å². The number of oxime groups is 1. The molecule has 1 N–H and O–H groups in total. The molecule has 0 spiro atoms. The van der Waals surface area contributed by atoms with Gasteiger partial charge in [-0.15, -0.1) is 0 Å². The van der Waals surface area contributed by atoms with Crippen LogP contribution in [0.5, 0.6) is 17.2 Å². The van der Waals surface area contributed by atoms with Crippen LogP contribution in [-0.4, -0.2) is 32.2 Å². The van der Waals surface area contributed by atoms with Crippen LogP contribution in [0, 0.1) is 0 Å². The van der Waals surface area contributed by atoms with Crippen molar-refractivity contribution >= 4 is 11.3 Å². The van der Waals surface area contributed by atoms with Crippen molar-refractivity contribution in [3.05, 3.63) is 23.3 Å². The molecule has 0 saturated carbocycles. The molecule has 0 aromatic heterocycles. The minimum atomic E-state index is 0.567. The predicted molar refractivity (Wildman–Crippen MR) is 95.6 cm³/mol. The average Bonchev–Trinajstić information content (AvgIpc) is 3.03. The number of hydrogen-bond donors (Lipinski definition) is 1. The third-order valence-electron chi connectivity index (χ3n) is 4.46. The maximum absolute atomic E-state index is 9.41. The van der Waals surface area contributed by atoms with E-state index in [0.29, 0.717) is 17.2 Å². The Morgan fingerprint density at radius 3 is 2.17 bits per heavy atom. The molecule has 5 heteroatoms. The lowest BCUT2D eigenvalue weighted by Gasteiger charge is -2.16. The number of ether oxygens (including phenoxy) is 3. The summed E-state index contributed by atoms with van der Waals surface area (Å²) in [6, 6.07) is 3.85. The highest BCUT2D eigenvalue weighted by atomic mass is 16.5. The van der Waals surface area contributed by atoms with Crippen molar-refractivity contribution in [1.29, 1.82) is 0 Å². The Bertz CT molecular complexity index is 609. The fourth-order valence-corrected chi connectivity index (χ4v) is 3.26. The van der Waals surface area contributed by atoms with Crippen molar-refractivity contribution in [2.24, 2.45) is 5.16 Å². The van der Waals surface area contributed by atoms with E-state index in [0.717, 1.165) is 42.5 Å². The zero-order valence-electron chi connectivity index (χ0n) is 15.0. The van der Waals surface area contributed by atoms with Gasteiger partial charge in [-0.1, -0.05) is 30.5 Å². The number of allylic oxidation sites excluding steroid dienone is 2. The minimum absolute atomic E-state index is 0.567. The van der Waals surface area contributed by atoms with Gasteiger partial charge in [0, 0.05) is 5.57 Å². The van der Waals surface area contributed by atoms with Crippen LogP contribution in [-0.2, 0) is 0 Å². The van der Waals surface area contributed by atoms with Gasteiger partial charge in [-0.05, 0) is 43.4 Å². The number of nitrogens with zero attached hydrogens (tertiary/aromatic N) is 1. The van der Waals surface area contributed by atoms with Crippen LogP contribution < -0.4 is 14.2 Å². The summed E-state index contributed by atoms with van der Waals surface area (Å²) < 4.78 is 16.3. The van der Waals surface area contributed by atoms with Crippen molar-refractivity contribution in [1.82, 2.24) is 0 Å². The molecule has 0 radical (unpaired) electrons. The molecule has 0 amide bonds. The van der Waals surface area contributed by atoms with Crippen LogP contribution >= 0.6 is 0 Å². The molecule has 132 valence electrons. The molecule has 0 fully saturated rings. The summed E-state index contributed by atoms with van der Waals surface area (Å²) >= 11 is 0. The van der Waals surface area contributed by atoms with Gasteiger partial charge in [0.15, 0.2) is 11.5 Å². The molecule has 0 unspecified atom stereocenters. The lowest BCUT2D eigenvalue weighted by Crippen LogP contribution is -2.01. The van der Waals surface area contributed by atoms with E-state index >= 15 is 0 Å². The number of hydrogen-bond acceptors (Lipinski definition) is 5. The summed E-state index contributed by atoms with van der Waals surface area (Å²) in [5, 5.41) is 12.9. The molecule has 1 aromatic carbocycles. The molecule has 0 saturated heterocycles. The van der Waals surface area contributed by atoms with Crippen LogP contribution in [0.1, 0.15) is 51.0 Å². The van der Waals surface area contributed by atoms with Crippen molar-refractivity contribution in [3.63, 3.8) is 0 Å². The van der Waals surface area contributed by atoms with Gasteiger partial charge in [0.25, 0.3) is 0 Å². The lowest BCUT2D eigenvalue weighted by atomic mass is 9.97. The normalized spacial score (nSPS) is 15.9. The first kappa shape index (κ1) is 18.2. The van der Waals surface area contributed by atoms with Crippen LogP contribution in [0.25, 0.3) is 5.57 Å². The highest BCUT2D eigenvalue weighted by molar-refractivity contribution is 6.26. The zero-order chi connectivity index (χ0) is 17.5. The molecular formula is C19H27NO4.